The first-order valence-electron chi connectivity index (χ1n) is 9.31. The summed E-state index contributed by atoms with van der Waals surface area (Å²) in [6, 6.07) is 20.4. The van der Waals surface area contributed by atoms with Crippen LogP contribution in [0.1, 0.15) is 11.1 Å². The van der Waals surface area contributed by atoms with E-state index in [0.717, 1.165) is 5.56 Å². The lowest BCUT2D eigenvalue weighted by molar-refractivity contribution is -0.384. The molecule has 4 rings (SSSR count). The molecule has 148 valence electrons. The molecule has 0 aliphatic rings. The summed E-state index contributed by atoms with van der Waals surface area (Å²) in [5.74, 6) is -0.341. The minimum atomic E-state index is -0.470. The van der Waals surface area contributed by atoms with Crippen LogP contribution in [0.25, 0.3) is 16.8 Å². The molecule has 0 spiro atoms. The van der Waals surface area contributed by atoms with Crippen LogP contribution in [0.4, 0.5) is 11.4 Å². The van der Waals surface area contributed by atoms with Crippen molar-refractivity contribution in [2.45, 2.75) is 6.54 Å². The fourth-order valence-electron chi connectivity index (χ4n) is 3.22. The zero-order chi connectivity index (χ0) is 20.9. The highest BCUT2D eigenvalue weighted by Crippen LogP contribution is 2.20. The van der Waals surface area contributed by atoms with Gasteiger partial charge in [0.25, 0.3) is 5.69 Å². The Morgan fingerprint density at radius 2 is 1.90 bits per heavy atom. The number of nitro benzene ring substituents is 1. The van der Waals surface area contributed by atoms with E-state index in [-0.39, 0.29) is 11.6 Å². The van der Waals surface area contributed by atoms with Gasteiger partial charge in [-0.05, 0) is 28.0 Å². The molecule has 3 aromatic carbocycles. The molecule has 1 heterocycles. The van der Waals surface area contributed by atoms with Crippen molar-refractivity contribution in [1.82, 2.24) is 9.78 Å². The molecule has 0 bridgehead atoms. The first-order valence-corrected chi connectivity index (χ1v) is 9.31. The summed E-state index contributed by atoms with van der Waals surface area (Å²) in [5, 5.41) is 20.2. The van der Waals surface area contributed by atoms with E-state index in [0.29, 0.717) is 17.8 Å². The number of anilines is 1. The molecule has 1 N–H and O–H groups in total. The zero-order valence-electron chi connectivity index (χ0n) is 15.9. The quantitative estimate of drug-likeness (QED) is 0.291. The third-order valence-electron chi connectivity index (χ3n) is 4.62. The Balaban J connectivity index is 1.42. The molecule has 7 heteroatoms. The molecule has 4 aromatic rings. The number of benzene rings is 3. The van der Waals surface area contributed by atoms with E-state index in [4.69, 9.17) is 0 Å². The summed E-state index contributed by atoms with van der Waals surface area (Å²) in [5.41, 5.74) is 2.27. The molecular weight excluding hydrogens is 380 g/mol. The SMILES string of the molecule is O=C(/C=C/c1cccc([N+](=O)[O-])c1)Nc1cnn(Cc2cccc3ccccc23)c1. The fourth-order valence-corrected chi connectivity index (χ4v) is 3.22. The molecule has 30 heavy (non-hydrogen) atoms. The van der Waals surface area contributed by atoms with Gasteiger partial charge in [-0.1, -0.05) is 54.6 Å². The van der Waals surface area contributed by atoms with Gasteiger partial charge < -0.3 is 5.32 Å². The van der Waals surface area contributed by atoms with Crippen LogP contribution in [0.2, 0.25) is 0 Å². The molecular formula is C23H18N4O3. The van der Waals surface area contributed by atoms with E-state index < -0.39 is 4.92 Å². The number of nitro groups is 1. The highest BCUT2D eigenvalue weighted by atomic mass is 16.6. The van der Waals surface area contributed by atoms with Crippen LogP contribution in [0.3, 0.4) is 0 Å². The Morgan fingerprint density at radius 3 is 2.77 bits per heavy atom. The van der Waals surface area contributed by atoms with Crippen molar-refractivity contribution in [3.8, 4) is 0 Å². The summed E-state index contributed by atoms with van der Waals surface area (Å²) in [7, 11) is 0. The number of non-ortho nitro benzene ring substituents is 1. The number of amides is 1. The average Bonchev–Trinajstić information content (AvgIpc) is 3.19. The van der Waals surface area contributed by atoms with Gasteiger partial charge in [0.15, 0.2) is 0 Å². The largest absolute Gasteiger partial charge is 0.320 e. The molecule has 7 nitrogen and oxygen atoms in total. The van der Waals surface area contributed by atoms with Gasteiger partial charge in [-0.2, -0.15) is 5.10 Å². The summed E-state index contributed by atoms with van der Waals surface area (Å²) in [4.78, 5) is 22.5. The Labute approximate surface area is 172 Å². The van der Waals surface area contributed by atoms with Crippen LogP contribution in [0.5, 0.6) is 0 Å². The van der Waals surface area contributed by atoms with Gasteiger partial charge in [0.05, 0.1) is 23.4 Å². The van der Waals surface area contributed by atoms with Gasteiger partial charge in [-0.25, -0.2) is 0 Å². The molecule has 0 atom stereocenters. The molecule has 0 unspecified atom stereocenters. The highest BCUT2D eigenvalue weighted by molar-refractivity contribution is 6.01. The fraction of sp³-hybridized carbons (Fsp3) is 0.0435. The predicted octanol–water partition coefficient (Wildman–Crippen LogP) is 4.64. The summed E-state index contributed by atoms with van der Waals surface area (Å²) < 4.78 is 1.77. The normalized spacial score (nSPS) is 11.1. The van der Waals surface area contributed by atoms with Gasteiger partial charge in [0.1, 0.15) is 0 Å². The maximum atomic E-state index is 12.2. The summed E-state index contributed by atoms with van der Waals surface area (Å²) in [6.45, 7) is 0.584. The first kappa shape index (κ1) is 19.1. The van der Waals surface area contributed by atoms with Crippen LogP contribution in [-0.2, 0) is 11.3 Å². The molecule has 1 aromatic heterocycles. The first-order chi connectivity index (χ1) is 14.6. The molecule has 1 amide bonds. The van der Waals surface area contributed by atoms with E-state index in [1.807, 2.05) is 18.2 Å². The summed E-state index contributed by atoms with van der Waals surface area (Å²) in [6.07, 6.45) is 6.22. The molecule has 0 aliphatic heterocycles. The Kier molecular flexibility index (Phi) is 5.34. The molecule has 0 saturated heterocycles. The second-order valence-corrected chi connectivity index (χ2v) is 6.74. The number of carbonyl (C=O) groups excluding carboxylic acids is 1. The van der Waals surface area contributed by atoms with E-state index in [1.54, 1.807) is 29.2 Å². The van der Waals surface area contributed by atoms with Crippen molar-refractivity contribution >= 4 is 34.1 Å². The van der Waals surface area contributed by atoms with E-state index in [2.05, 4.69) is 34.7 Å². The Morgan fingerprint density at radius 1 is 1.10 bits per heavy atom. The molecule has 0 fully saturated rings. The lowest BCUT2D eigenvalue weighted by atomic mass is 10.0. The standard InChI is InChI=1S/C23H18N4O3/c28-23(12-11-17-5-3-9-21(13-17)27(29)30)25-20-14-24-26(16-20)15-19-8-4-7-18-6-1-2-10-22(18)19/h1-14,16H,15H2,(H,25,28)/b12-11+. The molecule has 0 saturated carbocycles. The monoisotopic (exact) mass is 398 g/mol. The average molecular weight is 398 g/mol. The van der Waals surface area contributed by atoms with Crippen LogP contribution in [0.15, 0.2) is 85.2 Å². The molecule has 0 aliphatic carbocycles. The number of nitrogens with zero attached hydrogens (tertiary/aromatic N) is 3. The lowest BCUT2D eigenvalue weighted by Crippen LogP contribution is -2.07. The maximum Gasteiger partial charge on any atom is 0.270 e. The van der Waals surface area contributed by atoms with Gasteiger partial charge in [0, 0.05) is 24.4 Å². The van der Waals surface area contributed by atoms with Crippen molar-refractivity contribution in [3.63, 3.8) is 0 Å². The van der Waals surface area contributed by atoms with Crippen molar-refractivity contribution in [2.24, 2.45) is 0 Å². The van der Waals surface area contributed by atoms with Crippen molar-refractivity contribution in [3.05, 3.63) is 106 Å². The van der Waals surface area contributed by atoms with E-state index in [9.17, 15) is 14.9 Å². The number of carbonyl (C=O) groups is 1. The topological polar surface area (TPSA) is 90.1 Å². The van der Waals surface area contributed by atoms with Gasteiger partial charge in [-0.15, -0.1) is 0 Å². The number of aromatic nitrogens is 2. The van der Waals surface area contributed by atoms with Crippen molar-refractivity contribution in [1.29, 1.82) is 0 Å². The van der Waals surface area contributed by atoms with E-state index in [1.165, 1.54) is 35.1 Å². The smallest absolute Gasteiger partial charge is 0.270 e. The minimum Gasteiger partial charge on any atom is -0.320 e. The predicted molar refractivity (Wildman–Crippen MR) is 116 cm³/mol. The lowest BCUT2D eigenvalue weighted by Gasteiger charge is -2.06. The number of nitrogens with one attached hydrogen (secondary N) is 1. The highest BCUT2D eigenvalue weighted by Gasteiger charge is 2.06. The molecule has 0 radical (unpaired) electrons. The summed E-state index contributed by atoms with van der Waals surface area (Å²) >= 11 is 0. The van der Waals surface area contributed by atoms with Gasteiger partial charge in [0.2, 0.25) is 5.91 Å². The maximum absolute atomic E-state index is 12.2. The zero-order valence-corrected chi connectivity index (χ0v) is 15.9. The Bertz CT molecular complexity index is 1250. The van der Waals surface area contributed by atoms with E-state index >= 15 is 0 Å². The second-order valence-electron chi connectivity index (χ2n) is 6.74. The number of hydrogen-bond donors (Lipinski definition) is 1. The van der Waals surface area contributed by atoms with Crippen molar-refractivity contribution in [2.75, 3.05) is 5.32 Å². The van der Waals surface area contributed by atoms with Crippen LogP contribution >= 0.6 is 0 Å². The number of hydrogen-bond acceptors (Lipinski definition) is 4. The van der Waals surface area contributed by atoms with Gasteiger partial charge in [-0.3, -0.25) is 19.6 Å². The second kappa shape index (κ2) is 8.40. The number of rotatable bonds is 6. The van der Waals surface area contributed by atoms with Crippen molar-refractivity contribution < 1.29 is 9.72 Å². The third kappa shape index (κ3) is 4.41. The van der Waals surface area contributed by atoms with Crippen LogP contribution in [-0.4, -0.2) is 20.6 Å². The van der Waals surface area contributed by atoms with Crippen LogP contribution in [0, 0.1) is 10.1 Å². The third-order valence-corrected chi connectivity index (χ3v) is 4.62. The van der Waals surface area contributed by atoms with Crippen LogP contribution < -0.4 is 5.32 Å². The van der Waals surface area contributed by atoms with Gasteiger partial charge >= 0.3 is 0 Å². The Hall–Kier alpha value is -4.26. The minimum absolute atomic E-state index is 0.0210. The number of fused-ring (bicyclic) bond motifs is 1.